The summed E-state index contributed by atoms with van der Waals surface area (Å²) in [6, 6.07) is 8.72. The number of ether oxygens (including phenoxy) is 1. The van der Waals surface area contributed by atoms with E-state index >= 15 is 0 Å². The summed E-state index contributed by atoms with van der Waals surface area (Å²) in [6.45, 7) is 0. The summed E-state index contributed by atoms with van der Waals surface area (Å²) in [5.74, 6) is 0.463. The first-order chi connectivity index (χ1) is 11.2. The number of tetrazole rings is 1. The van der Waals surface area contributed by atoms with Crippen molar-refractivity contribution in [2.45, 2.75) is 10.9 Å². The van der Waals surface area contributed by atoms with Gasteiger partial charge in [-0.3, -0.25) is 0 Å². The van der Waals surface area contributed by atoms with Gasteiger partial charge in [-0.1, -0.05) is 23.4 Å². The smallest absolute Gasteiger partial charge is 0.341 e. The van der Waals surface area contributed by atoms with Crippen molar-refractivity contribution in [3.05, 3.63) is 52.9 Å². The van der Waals surface area contributed by atoms with Gasteiger partial charge in [-0.15, -0.1) is 5.10 Å². The van der Waals surface area contributed by atoms with Crippen molar-refractivity contribution in [1.29, 1.82) is 0 Å². The molecule has 9 heteroatoms. The molecule has 3 rings (SSSR count). The third-order valence-corrected chi connectivity index (χ3v) is 4.17. The van der Waals surface area contributed by atoms with Gasteiger partial charge in [0.25, 0.3) is 0 Å². The molecule has 7 nitrogen and oxygen atoms in total. The number of thioether (sulfide) groups is 1. The second kappa shape index (κ2) is 6.84. The molecule has 118 valence electrons. The zero-order chi connectivity index (χ0) is 16.2. The average molecular weight is 351 g/mol. The van der Waals surface area contributed by atoms with E-state index in [1.54, 1.807) is 22.9 Å². The first kappa shape index (κ1) is 15.6. The largest absolute Gasteiger partial charge is 0.468 e. The quantitative estimate of drug-likeness (QED) is 0.516. The van der Waals surface area contributed by atoms with Gasteiger partial charge in [0.1, 0.15) is 11.3 Å². The number of hydrogen-bond acceptors (Lipinski definition) is 7. The molecule has 0 N–H and O–H groups in total. The van der Waals surface area contributed by atoms with E-state index in [9.17, 15) is 4.79 Å². The van der Waals surface area contributed by atoms with Crippen molar-refractivity contribution < 1.29 is 13.9 Å². The number of aromatic nitrogens is 4. The van der Waals surface area contributed by atoms with Crippen LogP contribution < -0.4 is 0 Å². The van der Waals surface area contributed by atoms with Crippen LogP contribution in [0.1, 0.15) is 16.1 Å². The molecule has 0 saturated heterocycles. The fourth-order valence-corrected chi connectivity index (χ4v) is 2.86. The zero-order valence-corrected chi connectivity index (χ0v) is 13.5. The molecule has 1 aromatic carbocycles. The Bertz CT molecular complexity index is 816. The summed E-state index contributed by atoms with van der Waals surface area (Å²) in [5.41, 5.74) is 1.18. The second-order valence-corrected chi connectivity index (χ2v) is 5.77. The number of halogens is 1. The topological polar surface area (TPSA) is 83.0 Å². The van der Waals surface area contributed by atoms with Gasteiger partial charge in [0.15, 0.2) is 0 Å². The average Bonchev–Trinajstić information content (AvgIpc) is 3.22. The SMILES string of the molecule is COC(=O)c1ccoc1CSc1nnnn1-c1ccc(Cl)cc1. The minimum atomic E-state index is -0.438. The van der Waals surface area contributed by atoms with Crippen molar-refractivity contribution in [2.24, 2.45) is 0 Å². The number of methoxy groups -OCH3 is 1. The number of rotatable bonds is 5. The number of furan rings is 1. The number of carbonyl (C=O) groups is 1. The van der Waals surface area contributed by atoms with Gasteiger partial charge in [-0.2, -0.15) is 4.68 Å². The van der Waals surface area contributed by atoms with Crippen molar-refractivity contribution in [1.82, 2.24) is 20.2 Å². The van der Waals surface area contributed by atoms with Crippen LogP contribution in [0, 0.1) is 0 Å². The zero-order valence-electron chi connectivity index (χ0n) is 12.0. The van der Waals surface area contributed by atoms with Gasteiger partial charge in [0.2, 0.25) is 5.16 Å². The first-order valence-electron chi connectivity index (χ1n) is 6.51. The Kier molecular flexibility index (Phi) is 4.63. The van der Waals surface area contributed by atoms with Crippen molar-refractivity contribution in [3.63, 3.8) is 0 Å². The molecule has 0 bridgehead atoms. The third-order valence-electron chi connectivity index (χ3n) is 3.00. The lowest BCUT2D eigenvalue weighted by atomic mass is 10.3. The van der Waals surface area contributed by atoms with E-state index in [2.05, 4.69) is 15.5 Å². The highest BCUT2D eigenvalue weighted by atomic mass is 35.5. The van der Waals surface area contributed by atoms with E-state index in [0.717, 1.165) is 5.69 Å². The van der Waals surface area contributed by atoms with Gasteiger partial charge < -0.3 is 9.15 Å². The van der Waals surface area contributed by atoms with E-state index in [1.807, 2.05) is 12.1 Å². The molecule has 0 saturated carbocycles. The lowest BCUT2D eigenvalue weighted by Gasteiger charge is -2.04. The predicted octanol–water partition coefficient (Wildman–Crippen LogP) is 2.99. The van der Waals surface area contributed by atoms with Gasteiger partial charge in [-0.25, -0.2) is 4.79 Å². The maximum Gasteiger partial charge on any atom is 0.341 e. The Balaban J connectivity index is 1.78. The molecule has 0 radical (unpaired) electrons. The van der Waals surface area contributed by atoms with E-state index in [4.69, 9.17) is 20.8 Å². The Labute approximate surface area is 140 Å². The minimum Gasteiger partial charge on any atom is -0.468 e. The monoisotopic (exact) mass is 350 g/mol. The summed E-state index contributed by atoms with van der Waals surface area (Å²) in [4.78, 5) is 11.6. The molecule has 0 aliphatic carbocycles. The highest BCUT2D eigenvalue weighted by Gasteiger charge is 2.17. The summed E-state index contributed by atoms with van der Waals surface area (Å²) in [5, 5.41) is 12.8. The molecular formula is C14H11ClN4O3S. The Morgan fingerprint density at radius 1 is 1.35 bits per heavy atom. The van der Waals surface area contributed by atoms with E-state index in [0.29, 0.717) is 27.3 Å². The number of benzene rings is 1. The molecule has 23 heavy (non-hydrogen) atoms. The van der Waals surface area contributed by atoms with E-state index in [1.165, 1.54) is 25.1 Å². The maximum atomic E-state index is 11.6. The van der Waals surface area contributed by atoms with Crippen LogP contribution in [0.4, 0.5) is 0 Å². The van der Waals surface area contributed by atoms with E-state index in [-0.39, 0.29) is 0 Å². The highest BCUT2D eigenvalue weighted by molar-refractivity contribution is 7.98. The molecule has 2 heterocycles. The molecule has 3 aromatic rings. The lowest BCUT2D eigenvalue weighted by Crippen LogP contribution is -2.03. The Morgan fingerprint density at radius 3 is 2.87 bits per heavy atom. The van der Waals surface area contributed by atoms with Gasteiger partial charge in [0.05, 0.1) is 24.8 Å². The molecule has 0 spiro atoms. The normalized spacial score (nSPS) is 10.7. The van der Waals surface area contributed by atoms with Crippen LogP contribution in [-0.4, -0.2) is 33.3 Å². The fraction of sp³-hybridized carbons (Fsp3) is 0.143. The van der Waals surface area contributed by atoms with Crippen LogP contribution in [0.2, 0.25) is 5.02 Å². The van der Waals surface area contributed by atoms with Crippen LogP contribution >= 0.6 is 23.4 Å². The van der Waals surface area contributed by atoms with Crippen LogP contribution in [0.3, 0.4) is 0 Å². The van der Waals surface area contributed by atoms with Crippen LogP contribution in [0.25, 0.3) is 5.69 Å². The summed E-state index contributed by atoms with van der Waals surface area (Å²) >= 11 is 7.22. The van der Waals surface area contributed by atoms with Crippen LogP contribution in [-0.2, 0) is 10.5 Å². The molecule has 0 amide bonds. The second-order valence-electron chi connectivity index (χ2n) is 4.39. The molecule has 0 aliphatic heterocycles. The van der Waals surface area contributed by atoms with Crippen molar-refractivity contribution in [3.8, 4) is 5.69 Å². The summed E-state index contributed by atoms with van der Waals surface area (Å²) in [7, 11) is 1.33. The minimum absolute atomic E-state index is 0.394. The molecule has 0 atom stereocenters. The van der Waals surface area contributed by atoms with Crippen LogP contribution in [0.5, 0.6) is 0 Å². The Hall–Kier alpha value is -2.32. The fourth-order valence-electron chi connectivity index (χ4n) is 1.89. The van der Waals surface area contributed by atoms with Gasteiger partial charge in [0, 0.05) is 5.02 Å². The number of nitrogens with zero attached hydrogens (tertiary/aromatic N) is 4. The molecule has 0 fully saturated rings. The summed E-state index contributed by atoms with van der Waals surface area (Å²) in [6.07, 6.45) is 1.45. The number of esters is 1. The molecule has 0 aliphatic rings. The van der Waals surface area contributed by atoms with E-state index < -0.39 is 5.97 Å². The van der Waals surface area contributed by atoms with Gasteiger partial charge >= 0.3 is 5.97 Å². The predicted molar refractivity (Wildman–Crippen MR) is 83.8 cm³/mol. The standard InChI is InChI=1S/C14H11ClN4O3S/c1-21-13(20)11-6-7-22-12(11)8-23-14-16-17-18-19(14)10-4-2-9(15)3-5-10/h2-7H,8H2,1H3. The van der Waals surface area contributed by atoms with Crippen molar-refractivity contribution in [2.75, 3.05) is 7.11 Å². The third kappa shape index (κ3) is 3.38. The molecular weight excluding hydrogens is 340 g/mol. The maximum absolute atomic E-state index is 11.6. The number of carbonyl (C=O) groups excluding carboxylic acids is 1. The summed E-state index contributed by atoms with van der Waals surface area (Å²) < 4.78 is 11.6. The first-order valence-corrected chi connectivity index (χ1v) is 7.87. The van der Waals surface area contributed by atoms with Crippen molar-refractivity contribution >= 4 is 29.3 Å². The Morgan fingerprint density at radius 2 is 2.13 bits per heavy atom. The lowest BCUT2D eigenvalue weighted by molar-refractivity contribution is 0.0598. The number of hydrogen-bond donors (Lipinski definition) is 0. The van der Waals surface area contributed by atoms with Gasteiger partial charge in [-0.05, 0) is 40.8 Å². The molecule has 0 unspecified atom stereocenters. The van der Waals surface area contributed by atoms with Crippen LogP contribution in [0.15, 0.2) is 46.2 Å². The molecule has 2 aromatic heterocycles. The highest BCUT2D eigenvalue weighted by Crippen LogP contribution is 2.25.